The third-order valence-electron chi connectivity index (χ3n) is 4.47. The first kappa shape index (κ1) is 15.5. The number of rotatable bonds is 5. The number of aromatic amines is 1. The molecule has 0 saturated heterocycles. The van der Waals surface area contributed by atoms with E-state index in [1.54, 1.807) is 0 Å². The first-order chi connectivity index (χ1) is 11.1. The molecule has 23 heavy (non-hydrogen) atoms. The number of nitrogens with zero attached hydrogens (tertiary/aromatic N) is 2. The average molecular weight is 314 g/mol. The number of aromatic nitrogens is 3. The Morgan fingerprint density at radius 2 is 2.13 bits per heavy atom. The Bertz CT molecular complexity index is 760. The van der Waals surface area contributed by atoms with Crippen molar-refractivity contribution in [3.8, 4) is 0 Å². The summed E-state index contributed by atoms with van der Waals surface area (Å²) in [6, 6.07) is 4.04. The highest BCUT2D eigenvalue weighted by molar-refractivity contribution is 5.78. The second-order valence-electron chi connectivity index (χ2n) is 6.05. The smallest absolute Gasteiger partial charge is 0.267 e. The number of hydrogen-bond acceptors (Lipinski definition) is 3. The summed E-state index contributed by atoms with van der Waals surface area (Å²) in [6.45, 7) is 0.599. The van der Waals surface area contributed by atoms with Gasteiger partial charge in [0.15, 0.2) is 0 Å². The van der Waals surface area contributed by atoms with Crippen LogP contribution in [-0.2, 0) is 37.5 Å². The molecule has 1 amide bonds. The molecule has 2 aromatic heterocycles. The molecule has 6 nitrogen and oxygen atoms in total. The molecule has 0 saturated carbocycles. The lowest BCUT2D eigenvalue weighted by Gasteiger charge is -2.17. The van der Waals surface area contributed by atoms with Crippen LogP contribution in [0.5, 0.6) is 0 Å². The van der Waals surface area contributed by atoms with Gasteiger partial charge in [-0.05, 0) is 43.4 Å². The Morgan fingerprint density at radius 3 is 2.87 bits per heavy atom. The van der Waals surface area contributed by atoms with Crippen LogP contribution < -0.4 is 10.9 Å². The SMILES string of the molecule is Cn1cccc1CCNC(=O)Cc1n[nH]c(=O)c2c1CCCC2. The summed E-state index contributed by atoms with van der Waals surface area (Å²) in [5, 5.41) is 9.57. The maximum atomic E-state index is 12.1. The van der Waals surface area contributed by atoms with E-state index in [2.05, 4.69) is 15.5 Å². The molecule has 0 unspecified atom stereocenters. The van der Waals surface area contributed by atoms with Crippen molar-refractivity contribution in [1.29, 1.82) is 0 Å². The quantitative estimate of drug-likeness (QED) is 0.860. The third kappa shape index (κ3) is 3.52. The van der Waals surface area contributed by atoms with Gasteiger partial charge >= 0.3 is 0 Å². The maximum absolute atomic E-state index is 12.1. The monoisotopic (exact) mass is 314 g/mol. The van der Waals surface area contributed by atoms with Crippen LogP contribution in [0.4, 0.5) is 0 Å². The van der Waals surface area contributed by atoms with E-state index in [0.29, 0.717) is 6.54 Å². The van der Waals surface area contributed by atoms with E-state index in [0.717, 1.165) is 48.9 Å². The molecule has 1 aliphatic rings. The number of amides is 1. The Kier molecular flexibility index (Phi) is 4.60. The van der Waals surface area contributed by atoms with Gasteiger partial charge in [0.1, 0.15) is 0 Å². The van der Waals surface area contributed by atoms with E-state index in [4.69, 9.17) is 0 Å². The van der Waals surface area contributed by atoms with Gasteiger partial charge in [0, 0.05) is 37.5 Å². The summed E-state index contributed by atoms with van der Waals surface area (Å²) in [5.41, 5.74) is 3.60. The Balaban J connectivity index is 1.60. The maximum Gasteiger partial charge on any atom is 0.267 e. The van der Waals surface area contributed by atoms with Crippen LogP contribution in [0.25, 0.3) is 0 Å². The molecule has 2 N–H and O–H groups in total. The van der Waals surface area contributed by atoms with Gasteiger partial charge < -0.3 is 9.88 Å². The van der Waals surface area contributed by atoms with Crippen LogP contribution in [-0.4, -0.2) is 27.2 Å². The van der Waals surface area contributed by atoms with E-state index < -0.39 is 0 Å². The van der Waals surface area contributed by atoms with Crippen molar-refractivity contribution in [2.24, 2.45) is 7.05 Å². The minimum Gasteiger partial charge on any atom is -0.355 e. The van der Waals surface area contributed by atoms with Gasteiger partial charge in [-0.1, -0.05) is 0 Å². The van der Waals surface area contributed by atoms with Crippen LogP contribution in [0.1, 0.15) is 35.4 Å². The number of fused-ring (bicyclic) bond motifs is 1. The molecular formula is C17H22N4O2. The van der Waals surface area contributed by atoms with Gasteiger partial charge in [-0.3, -0.25) is 9.59 Å². The molecule has 2 heterocycles. The first-order valence-electron chi connectivity index (χ1n) is 8.11. The molecule has 3 rings (SSSR count). The highest BCUT2D eigenvalue weighted by atomic mass is 16.1. The van der Waals surface area contributed by atoms with Crippen LogP contribution in [0.15, 0.2) is 23.1 Å². The molecule has 0 fully saturated rings. The lowest BCUT2D eigenvalue weighted by molar-refractivity contribution is -0.120. The molecule has 0 aromatic carbocycles. The zero-order chi connectivity index (χ0) is 16.2. The fourth-order valence-electron chi connectivity index (χ4n) is 3.17. The van der Waals surface area contributed by atoms with Crippen molar-refractivity contribution in [3.05, 3.63) is 51.2 Å². The van der Waals surface area contributed by atoms with E-state index in [1.165, 1.54) is 5.69 Å². The van der Waals surface area contributed by atoms with Crippen molar-refractivity contribution < 1.29 is 4.79 Å². The topological polar surface area (TPSA) is 79.8 Å². The van der Waals surface area contributed by atoms with Gasteiger partial charge in [-0.15, -0.1) is 0 Å². The Labute approximate surface area is 134 Å². The molecular weight excluding hydrogens is 292 g/mol. The molecule has 0 radical (unpaired) electrons. The van der Waals surface area contributed by atoms with Crippen LogP contribution >= 0.6 is 0 Å². The van der Waals surface area contributed by atoms with Crippen molar-refractivity contribution in [2.45, 2.75) is 38.5 Å². The van der Waals surface area contributed by atoms with E-state index in [1.807, 2.05) is 29.9 Å². The summed E-state index contributed by atoms with van der Waals surface area (Å²) < 4.78 is 2.05. The summed E-state index contributed by atoms with van der Waals surface area (Å²) in [7, 11) is 1.99. The second-order valence-corrected chi connectivity index (χ2v) is 6.05. The number of carbonyl (C=O) groups excluding carboxylic acids is 1. The van der Waals surface area contributed by atoms with Gasteiger partial charge in [0.05, 0.1) is 12.1 Å². The van der Waals surface area contributed by atoms with Crippen molar-refractivity contribution in [1.82, 2.24) is 20.1 Å². The summed E-state index contributed by atoms with van der Waals surface area (Å²) in [5.74, 6) is -0.0495. The Morgan fingerprint density at radius 1 is 1.35 bits per heavy atom. The molecule has 122 valence electrons. The number of carbonyl (C=O) groups is 1. The van der Waals surface area contributed by atoms with Crippen LogP contribution in [0.3, 0.4) is 0 Å². The molecule has 0 aliphatic heterocycles. The van der Waals surface area contributed by atoms with Gasteiger partial charge in [-0.25, -0.2) is 5.10 Å². The van der Waals surface area contributed by atoms with E-state index >= 15 is 0 Å². The van der Waals surface area contributed by atoms with E-state index in [9.17, 15) is 9.59 Å². The minimum absolute atomic E-state index is 0.0495. The van der Waals surface area contributed by atoms with E-state index in [-0.39, 0.29) is 17.9 Å². The largest absolute Gasteiger partial charge is 0.355 e. The van der Waals surface area contributed by atoms with Crippen LogP contribution in [0, 0.1) is 0 Å². The molecule has 6 heteroatoms. The van der Waals surface area contributed by atoms with Crippen molar-refractivity contribution in [2.75, 3.05) is 6.54 Å². The number of nitrogens with one attached hydrogen (secondary N) is 2. The molecule has 0 atom stereocenters. The summed E-state index contributed by atoms with van der Waals surface area (Å²) >= 11 is 0. The van der Waals surface area contributed by atoms with Crippen molar-refractivity contribution in [3.63, 3.8) is 0 Å². The fourth-order valence-corrected chi connectivity index (χ4v) is 3.17. The number of H-pyrrole nitrogens is 1. The van der Waals surface area contributed by atoms with Crippen molar-refractivity contribution >= 4 is 5.91 Å². The van der Waals surface area contributed by atoms with Gasteiger partial charge in [0.2, 0.25) is 5.91 Å². The lowest BCUT2D eigenvalue weighted by Crippen LogP contribution is -2.30. The predicted octanol–water partition coefficient (Wildman–Crippen LogP) is 0.889. The van der Waals surface area contributed by atoms with Crippen LogP contribution in [0.2, 0.25) is 0 Å². The molecule has 0 bridgehead atoms. The zero-order valence-electron chi connectivity index (χ0n) is 13.4. The highest BCUT2D eigenvalue weighted by Gasteiger charge is 2.19. The number of aryl methyl sites for hydroxylation is 1. The normalized spacial score (nSPS) is 13.6. The van der Waals surface area contributed by atoms with Gasteiger partial charge in [-0.2, -0.15) is 5.10 Å². The summed E-state index contributed by atoms with van der Waals surface area (Å²) in [4.78, 5) is 24.0. The Hall–Kier alpha value is -2.37. The predicted molar refractivity (Wildman–Crippen MR) is 87.3 cm³/mol. The minimum atomic E-state index is -0.104. The van der Waals surface area contributed by atoms with Gasteiger partial charge in [0.25, 0.3) is 5.56 Å². The molecule has 0 spiro atoms. The highest BCUT2D eigenvalue weighted by Crippen LogP contribution is 2.20. The molecule has 1 aliphatic carbocycles. The number of hydrogen-bond donors (Lipinski definition) is 2. The summed E-state index contributed by atoms with van der Waals surface area (Å²) in [6.07, 6.45) is 6.74. The lowest BCUT2D eigenvalue weighted by atomic mass is 9.91. The third-order valence-corrected chi connectivity index (χ3v) is 4.47. The first-order valence-corrected chi connectivity index (χ1v) is 8.11. The fraction of sp³-hybridized carbons (Fsp3) is 0.471. The molecule has 2 aromatic rings. The second kappa shape index (κ2) is 6.81. The average Bonchev–Trinajstić information content (AvgIpc) is 2.96. The zero-order valence-corrected chi connectivity index (χ0v) is 13.4. The standard InChI is InChI=1S/C17H22N4O2/c1-21-10-4-5-12(21)8-9-18-16(22)11-15-13-6-2-3-7-14(13)17(23)20-19-15/h4-5,10H,2-3,6-9,11H2,1H3,(H,18,22)(H,20,23).